The monoisotopic (exact) mass is 266 g/mol. The zero-order valence-corrected chi connectivity index (χ0v) is 12.1. The maximum atomic E-state index is 13.7. The van der Waals surface area contributed by atoms with Gasteiger partial charge in [0, 0.05) is 25.4 Å². The third-order valence-electron chi connectivity index (χ3n) is 4.01. The van der Waals surface area contributed by atoms with Crippen LogP contribution in [0, 0.1) is 12.7 Å². The first-order chi connectivity index (χ1) is 8.91. The fourth-order valence-electron chi connectivity index (χ4n) is 2.76. The maximum absolute atomic E-state index is 13.7. The largest absolute Gasteiger partial charge is 0.376 e. The first kappa shape index (κ1) is 14.3. The number of ether oxygens (including phenoxy) is 1. The molecule has 1 aliphatic heterocycles. The Balaban J connectivity index is 2.39. The topological polar surface area (TPSA) is 38.5 Å². The first-order valence-electron chi connectivity index (χ1n) is 6.82. The second kappa shape index (κ2) is 5.47. The van der Waals surface area contributed by atoms with Gasteiger partial charge in [-0.05, 0) is 50.5 Å². The lowest BCUT2D eigenvalue weighted by Crippen LogP contribution is -2.37. The van der Waals surface area contributed by atoms with Crippen LogP contribution in [0.1, 0.15) is 37.4 Å². The number of likely N-dealkylation sites (N-methyl/N-ethyl adjacent to an activating group) is 1. The number of hydrogen-bond acceptors (Lipinski definition) is 3. The van der Waals surface area contributed by atoms with Crippen molar-refractivity contribution in [3.8, 4) is 0 Å². The predicted molar refractivity (Wildman–Crippen MR) is 76.0 cm³/mol. The van der Waals surface area contributed by atoms with E-state index in [1.165, 1.54) is 0 Å². The average molecular weight is 266 g/mol. The predicted octanol–water partition coefficient (Wildman–Crippen LogP) is 2.77. The molecular weight excluding hydrogens is 243 g/mol. The first-order valence-corrected chi connectivity index (χ1v) is 6.82. The van der Waals surface area contributed by atoms with Crippen LogP contribution in [0.3, 0.4) is 0 Å². The van der Waals surface area contributed by atoms with Crippen molar-refractivity contribution in [3.05, 3.63) is 29.1 Å². The van der Waals surface area contributed by atoms with Gasteiger partial charge < -0.3 is 15.4 Å². The summed E-state index contributed by atoms with van der Waals surface area (Å²) in [5, 5.41) is 0. The molecule has 0 aromatic heterocycles. The number of hydrogen-bond donors (Lipinski definition) is 1. The van der Waals surface area contributed by atoms with E-state index in [1.807, 2.05) is 20.0 Å². The minimum Gasteiger partial charge on any atom is -0.376 e. The van der Waals surface area contributed by atoms with Crippen LogP contribution in [-0.4, -0.2) is 25.8 Å². The van der Waals surface area contributed by atoms with Crippen LogP contribution in [0.2, 0.25) is 0 Å². The Kier molecular flexibility index (Phi) is 4.11. The van der Waals surface area contributed by atoms with Crippen LogP contribution in [0.5, 0.6) is 0 Å². The van der Waals surface area contributed by atoms with Gasteiger partial charge in [-0.25, -0.2) is 4.39 Å². The lowest BCUT2D eigenvalue weighted by molar-refractivity contribution is 0.118. The number of benzene rings is 1. The van der Waals surface area contributed by atoms with Crippen molar-refractivity contribution in [2.75, 3.05) is 18.6 Å². The standard InChI is InChI=1S/C15H23FN2O/c1-9-7-15(12(10(2)17)8-13(9)16)18(4)14-5-6-19-11(14)3/h7-8,10-11,14H,5-6,17H2,1-4H3. The summed E-state index contributed by atoms with van der Waals surface area (Å²) in [4.78, 5) is 2.18. The van der Waals surface area contributed by atoms with Gasteiger partial charge in [-0.3, -0.25) is 0 Å². The lowest BCUT2D eigenvalue weighted by atomic mass is 10.0. The van der Waals surface area contributed by atoms with E-state index in [1.54, 1.807) is 13.0 Å². The molecule has 2 N–H and O–H groups in total. The molecule has 0 amide bonds. The molecule has 0 aliphatic carbocycles. The van der Waals surface area contributed by atoms with Crippen molar-refractivity contribution >= 4 is 5.69 Å². The van der Waals surface area contributed by atoms with Crippen LogP contribution >= 0.6 is 0 Å². The van der Waals surface area contributed by atoms with Crippen LogP contribution in [0.15, 0.2) is 12.1 Å². The van der Waals surface area contributed by atoms with E-state index in [2.05, 4.69) is 11.8 Å². The fraction of sp³-hybridized carbons (Fsp3) is 0.600. The summed E-state index contributed by atoms with van der Waals surface area (Å²) in [6, 6.07) is 3.58. The van der Waals surface area contributed by atoms with Crippen molar-refractivity contribution in [2.24, 2.45) is 5.73 Å². The SMILES string of the molecule is Cc1cc(N(C)C2CCOC2C)c(C(C)N)cc1F. The maximum Gasteiger partial charge on any atom is 0.126 e. The average Bonchev–Trinajstić information content (AvgIpc) is 2.77. The Morgan fingerprint density at radius 1 is 1.47 bits per heavy atom. The number of aryl methyl sites for hydroxylation is 1. The second-order valence-corrected chi connectivity index (χ2v) is 5.49. The molecule has 3 atom stereocenters. The molecule has 1 saturated heterocycles. The summed E-state index contributed by atoms with van der Waals surface area (Å²) in [5.41, 5.74) is 8.49. The van der Waals surface area contributed by atoms with E-state index < -0.39 is 0 Å². The van der Waals surface area contributed by atoms with Crippen molar-refractivity contribution < 1.29 is 9.13 Å². The Morgan fingerprint density at radius 3 is 2.68 bits per heavy atom. The Morgan fingerprint density at radius 2 is 2.16 bits per heavy atom. The van der Waals surface area contributed by atoms with Crippen molar-refractivity contribution in [3.63, 3.8) is 0 Å². The minimum absolute atomic E-state index is 0.190. The normalized spacial score (nSPS) is 24.5. The van der Waals surface area contributed by atoms with E-state index in [4.69, 9.17) is 10.5 Å². The molecule has 3 unspecified atom stereocenters. The van der Waals surface area contributed by atoms with Crippen LogP contribution < -0.4 is 10.6 Å². The Hall–Kier alpha value is -1.13. The third kappa shape index (κ3) is 2.74. The molecular formula is C15H23FN2O. The highest BCUT2D eigenvalue weighted by Gasteiger charge is 2.29. The highest BCUT2D eigenvalue weighted by molar-refractivity contribution is 5.57. The van der Waals surface area contributed by atoms with Crippen molar-refractivity contribution in [1.29, 1.82) is 0 Å². The van der Waals surface area contributed by atoms with Gasteiger partial charge in [-0.1, -0.05) is 0 Å². The molecule has 1 fully saturated rings. The van der Waals surface area contributed by atoms with Gasteiger partial charge in [0.1, 0.15) is 5.82 Å². The number of nitrogens with two attached hydrogens (primary N) is 1. The number of halogens is 1. The van der Waals surface area contributed by atoms with E-state index in [-0.39, 0.29) is 18.0 Å². The number of nitrogens with zero attached hydrogens (tertiary/aromatic N) is 1. The zero-order valence-electron chi connectivity index (χ0n) is 12.1. The zero-order chi connectivity index (χ0) is 14.2. The van der Waals surface area contributed by atoms with Gasteiger partial charge in [0.25, 0.3) is 0 Å². The number of rotatable bonds is 3. The molecule has 19 heavy (non-hydrogen) atoms. The summed E-state index contributed by atoms with van der Waals surface area (Å²) >= 11 is 0. The third-order valence-corrected chi connectivity index (χ3v) is 4.01. The Bertz CT molecular complexity index is 462. The molecule has 1 aromatic rings. The van der Waals surface area contributed by atoms with Crippen molar-refractivity contribution in [1.82, 2.24) is 0 Å². The quantitative estimate of drug-likeness (QED) is 0.914. The molecule has 0 radical (unpaired) electrons. The van der Waals surface area contributed by atoms with Gasteiger partial charge in [-0.2, -0.15) is 0 Å². The molecule has 106 valence electrons. The number of anilines is 1. The second-order valence-electron chi connectivity index (χ2n) is 5.49. The minimum atomic E-state index is -0.194. The van der Waals surface area contributed by atoms with E-state index in [0.29, 0.717) is 11.6 Å². The van der Waals surface area contributed by atoms with E-state index in [9.17, 15) is 4.39 Å². The van der Waals surface area contributed by atoms with Gasteiger partial charge in [-0.15, -0.1) is 0 Å². The molecule has 3 nitrogen and oxygen atoms in total. The summed E-state index contributed by atoms with van der Waals surface area (Å²) in [6.07, 6.45) is 1.18. The van der Waals surface area contributed by atoms with Crippen LogP contribution in [0.4, 0.5) is 10.1 Å². The molecule has 4 heteroatoms. The molecule has 1 heterocycles. The van der Waals surface area contributed by atoms with Gasteiger partial charge in [0.15, 0.2) is 0 Å². The molecule has 0 saturated carbocycles. The molecule has 2 rings (SSSR count). The summed E-state index contributed by atoms with van der Waals surface area (Å²) in [7, 11) is 2.04. The van der Waals surface area contributed by atoms with E-state index >= 15 is 0 Å². The van der Waals surface area contributed by atoms with Gasteiger partial charge in [0.05, 0.1) is 12.1 Å². The van der Waals surface area contributed by atoms with Gasteiger partial charge >= 0.3 is 0 Å². The molecule has 0 bridgehead atoms. The molecule has 0 spiro atoms. The van der Waals surface area contributed by atoms with Crippen LogP contribution in [-0.2, 0) is 4.74 Å². The van der Waals surface area contributed by atoms with Crippen molar-refractivity contribution in [2.45, 2.75) is 45.4 Å². The van der Waals surface area contributed by atoms with E-state index in [0.717, 1.165) is 24.3 Å². The van der Waals surface area contributed by atoms with Gasteiger partial charge in [0.2, 0.25) is 0 Å². The highest BCUT2D eigenvalue weighted by atomic mass is 19.1. The van der Waals surface area contributed by atoms with Crippen LogP contribution in [0.25, 0.3) is 0 Å². The summed E-state index contributed by atoms with van der Waals surface area (Å²) in [6.45, 7) is 6.53. The Labute approximate surface area is 114 Å². The lowest BCUT2D eigenvalue weighted by Gasteiger charge is -2.31. The molecule has 1 aromatic carbocycles. The highest BCUT2D eigenvalue weighted by Crippen LogP contribution is 2.31. The summed E-state index contributed by atoms with van der Waals surface area (Å²) < 4.78 is 19.4. The summed E-state index contributed by atoms with van der Waals surface area (Å²) in [5.74, 6) is -0.194. The molecule has 1 aliphatic rings. The smallest absolute Gasteiger partial charge is 0.126 e. The fourth-order valence-corrected chi connectivity index (χ4v) is 2.76.